The normalized spacial score (nSPS) is 11.3. The van der Waals surface area contributed by atoms with Crippen LogP contribution >= 0.6 is 11.6 Å². The summed E-state index contributed by atoms with van der Waals surface area (Å²) in [6, 6.07) is 12.9. The third-order valence-corrected chi connectivity index (χ3v) is 6.61. The Hall–Kier alpha value is -2.42. The number of nitrogens with zero attached hydrogens (tertiary/aromatic N) is 1. The van der Waals surface area contributed by atoms with Gasteiger partial charge in [-0.3, -0.25) is 20.4 Å². The first-order valence-corrected chi connectivity index (χ1v) is 11.0. The summed E-state index contributed by atoms with van der Waals surface area (Å²) in [4.78, 5) is 24.3. The van der Waals surface area contributed by atoms with Crippen LogP contribution in [-0.4, -0.2) is 37.6 Å². The highest BCUT2D eigenvalue weighted by molar-refractivity contribution is 7.89. The summed E-state index contributed by atoms with van der Waals surface area (Å²) in [6.07, 6.45) is 0.675. The van der Waals surface area contributed by atoms with Crippen LogP contribution in [0, 0.1) is 0 Å². The van der Waals surface area contributed by atoms with E-state index in [4.69, 9.17) is 11.6 Å². The van der Waals surface area contributed by atoms with Gasteiger partial charge in [0, 0.05) is 30.1 Å². The maximum absolute atomic E-state index is 12.6. The van der Waals surface area contributed by atoms with Crippen molar-refractivity contribution in [3.8, 4) is 0 Å². The van der Waals surface area contributed by atoms with E-state index in [2.05, 4.69) is 10.9 Å². The zero-order valence-corrected chi connectivity index (χ0v) is 17.9. The fourth-order valence-electron chi connectivity index (χ4n) is 2.68. The van der Waals surface area contributed by atoms with Crippen molar-refractivity contribution in [3.63, 3.8) is 0 Å². The van der Waals surface area contributed by atoms with E-state index in [9.17, 15) is 18.0 Å². The van der Waals surface area contributed by atoms with Gasteiger partial charge >= 0.3 is 0 Å². The smallest absolute Gasteiger partial charge is 0.269 e. The predicted molar refractivity (Wildman–Crippen MR) is 112 cm³/mol. The molecule has 0 aliphatic rings. The quantitative estimate of drug-likeness (QED) is 0.620. The Morgan fingerprint density at radius 2 is 1.66 bits per heavy atom. The highest BCUT2D eigenvalue weighted by Crippen LogP contribution is 2.17. The van der Waals surface area contributed by atoms with Gasteiger partial charge in [0.15, 0.2) is 0 Å². The molecule has 0 heterocycles. The van der Waals surface area contributed by atoms with Gasteiger partial charge < -0.3 is 0 Å². The molecule has 7 nitrogen and oxygen atoms in total. The lowest BCUT2D eigenvalue weighted by molar-refractivity contribution is -0.121. The van der Waals surface area contributed by atoms with Crippen LogP contribution in [0.1, 0.15) is 36.2 Å². The number of nitrogens with one attached hydrogen (secondary N) is 2. The van der Waals surface area contributed by atoms with Crippen molar-refractivity contribution >= 4 is 33.4 Å². The summed E-state index contributed by atoms with van der Waals surface area (Å²) in [6.45, 7) is 4.16. The molecule has 0 bridgehead atoms. The summed E-state index contributed by atoms with van der Waals surface area (Å²) in [7, 11) is -3.67. The highest BCUT2D eigenvalue weighted by Gasteiger charge is 2.22. The highest BCUT2D eigenvalue weighted by atomic mass is 35.5. The summed E-state index contributed by atoms with van der Waals surface area (Å²) in [5, 5.41) is 0.621. The van der Waals surface area contributed by atoms with Gasteiger partial charge in [-0.25, -0.2) is 8.42 Å². The van der Waals surface area contributed by atoms with Crippen molar-refractivity contribution < 1.29 is 18.0 Å². The van der Waals surface area contributed by atoms with Crippen molar-refractivity contribution in [1.29, 1.82) is 0 Å². The minimum absolute atomic E-state index is 0.0305. The van der Waals surface area contributed by atoms with Gasteiger partial charge in [0.2, 0.25) is 15.9 Å². The molecule has 0 aliphatic carbocycles. The van der Waals surface area contributed by atoms with E-state index in [0.717, 1.165) is 5.56 Å². The van der Waals surface area contributed by atoms with Crippen LogP contribution in [0.3, 0.4) is 0 Å². The molecule has 0 spiro atoms. The van der Waals surface area contributed by atoms with Gasteiger partial charge in [0.05, 0.1) is 4.90 Å². The SMILES string of the molecule is CCN(CC)S(=O)(=O)c1cccc(C(=O)NNC(=O)CCc2ccc(Cl)cc2)c1. The van der Waals surface area contributed by atoms with Crippen LogP contribution in [0.25, 0.3) is 0 Å². The zero-order chi connectivity index (χ0) is 21.4. The van der Waals surface area contributed by atoms with E-state index in [1.165, 1.54) is 28.6 Å². The lowest BCUT2D eigenvalue weighted by Gasteiger charge is -2.18. The molecule has 9 heteroatoms. The van der Waals surface area contributed by atoms with Gasteiger partial charge in [-0.2, -0.15) is 4.31 Å². The molecule has 2 amide bonds. The average molecular weight is 438 g/mol. The van der Waals surface area contributed by atoms with Crippen molar-refractivity contribution in [2.75, 3.05) is 13.1 Å². The Morgan fingerprint density at radius 3 is 2.28 bits per heavy atom. The number of aryl methyl sites for hydroxylation is 1. The fourth-order valence-corrected chi connectivity index (χ4v) is 4.31. The predicted octanol–water partition coefficient (Wildman–Crippen LogP) is 2.76. The number of hydrogen-bond donors (Lipinski definition) is 2. The standard InChI is InChI=1S/C20H24ClN3O4S/c1-3-24(4-2)29(27,28)18-7-5-6-16(14-18)20(26)23-22-19(25)13-10-15-8-11-17(21)12-9-15/h5-9,11-12,14H,3-4,10,13H2,1-2H3,(H,22,25)(H,23,26). The van der Waals surface area contributed by atoms with E-state index in [1.807, 2.05) is 12.1 Å². The largest absolute Gasteiger partial charge is 0.273 e. The number of halogens is 1. The van der Waals surface area contributed by atoms with Crippen LogP contribution < -0.4 is 10.9 Å². The molecule has 0 aromatic heterocycles. The molecule has 0 radical (unpaired) electrons. The third kappa shape index (κ3) is 6.28. The molecule has 0 atom stereocenters. The molecule has 2 aromatic rings. The monoisotopic (exact) mass is 437 g/mol. The molecule has 0 aliphatic heterocycles. The van der Waals surface area contributed by atoms with Gasteiger partial charge in [-0.05, 0) is 42.3 Å². The van der Waals surface area contributed by atoms with Gasteiger partial charge in [0.1, 0.15) is 0 Å². The zero-order valence-electron chi connectivity index (χ0n) is 16.3. The number of hydrogen-bond acceptors (Lipinski definition) is 4. The Morgan fingerprint density at radius 1 is 1.00 bits per heavy atom. The molecule has 2 aromatic carbocycles. The van der Waals surface area contributed by atoms with Crippen LogP contribution in [0.5, 0.6) is 0 Å². The maximum atomic E-state index is 12.6. The molecular weight excluding hydrogens is 414 g/mol. The van der Waals surface area contributed by atoms with Gasteiger partial charge in [-0.1, -0.05) is 43.6 Å². The summed E-state index contributed by atoms with van der Waals surface area (Å²) in [5.74, 6) is -0.957. The molecule has 2 N–H and O–H groups in total. The minimum Gasteiger partial charge on any atom is -0.273 e. The van der Waals surface area contributed by atoms with Crippen LogP contribution in [-0.2, 0) is 21.2 Å². The van der Waals surface area contributed by atoms with E-state index >= 15 is 0 Å². The molecule has 156 valence electrons. The third-order valence-electron chi connectivity index (χ3n) is 4.31. The Kier molecular flexibility index (Phi) is 8.19. The first kappa shape index (κ1) is 22.9. The molecule has 0 fully saturated rings. The average Bonchev–Trinajstić information content (AvgIpc) is 2.72. The molecule has 2 rings (SSSR count). The second-order valence-corrected chi connectivity index (χ2v) is 8.62. The molecule has 0 saturated carbocycles. The second-order valence-electron chi connectivity index (χ2n) is 6.25. The number of benzene rings is 2. The molecule has 29 heavy (non-hydrogen) atoms. The van der Waals surface area contributed by atoms with Crippen molar-refractivity contribution in [2.24, 2.45) is 0 Å². The lowest BCUT2D eigenvalue weighted by Crippen LogP contribution is -2.41. The number of carbonyl (C=O) groups excluding carboxylic acids is 2. The molecular formula is C20H24ClN3O4S. The summed E-state index contributed by atoms with van der Waals surface area (Å²) in [5.41, 5.74) is 5.74. The van der Waals surface area contributed by atoms with Crippen molar-refractivity contribution in [1.82, 2.24) is 15.2 Å². The first-order valence-electron chi connectivity index (χ1n) is 9.21. The van der Waals surface area contributed by atoms with E-state index < -0.39 is 15.9 Å². The summed E-state index contributed by atoms with van der Waals surface area (Å²) < 4.78 is 26.5. The number of rotatable bonds is 8. The first-order chi connectivity index (χ1) is 13.8. The molecule has 0 saturated heterocycles. The fraction of sp³-hybridized carbons (Fsp3) is 0.300. The minimum atomic E-state index is -3.67. The number of amides is 2. The van der Waals surface area contributed by atoms with Gasteiger partial charge in [0.25, 0.3) is 5.91 Å². The van der Waals surface area contributed by atoms with E-state index in [-0.39, 0.29) is 22.8 Å². The van der Waals surface area contributed by atoms with Crippen molar-refractivity contribution in [3.05, 3.63) is 64.7 Å². The second kappa shape index (κ2) is 10.4. The number of sulfonamides is 1. The Balaban J connectivity index is 1.95. The number of carbonyl (C=O) groups is 2. The van der Waals surface area contributed by atoms with E-state index in [1.54, 1.807) is 26.0 Å². The van der Waals surface area contributed by atoms with Crippen LogP contribution in [0.2, 0.25) is 5.02 Å². The lowest BCUT2D eigenvalue weighted by atomic mass is 10.1. The van der Waals surface area contributed by atoms with Crippen LogP contribution in [0.15, 0.2) is 53.4 Å². The number of hydrazine groups is 1. The van der Waals surface area contributed by atoms with E-state index in [0.29, 0.717) is 24.5 Å². The van der Waals surface area contributed by atoms with Gasteiger partial charge in [-0.15, -0.1) is 0 Å². The topological polar surface area (TPSA) is 95.6 Å². The van der Waals surface area contributed by atoms with Crippen molar-refractivity contribution in [2.45, 2.75) is 31.6 Å². The maximum Gasteiger partial charge on any atom is 0.269 e. The van der Waals surface area contributed by atoms with Crippen LogP contribution in [0.4, 0.5) is 0 Å². The Labute approximate surface area is 176 Å². The summed E-state index contributed by atoms with van der Waals surface area (Å²) >= 11 is 5.82. The molecule has 0 unspecified atom stereocenters. The Bertz CT molecular complexity index is 958.